The van der Waals surface area contributed by atoms with Crippen LogP contribution in [-0.2, 0) is 30.4 Å². The monoisotopic (exact) mass is 547 g/mol. The normalized spacial score (nSPS) is 18.2. The number of aliphatic carboxylic acids is 1. The van der Waals surface area contributed by atoms with Gasteiger partial charge in [-0.3, -0.25) is 19.2 Å². The second-order valence-electron chi connectivity index (χ2n) is 9.79. The number of hydrogen-bond donors (Lipinski definition) is 4. The zero-order chi connectivity index (χ0) is 29.1. The molecule has 0 aromatic heterocycles. The Balaban J connectivity index is 1.84. The molecule has 2 aromatic carbocycles. The average Bonchev–Trinajstić information content (AvgIpc) is 3.35. The molecule has 3 atom stereocenters. The SMILES string of the molecule is CC(C)[C@H](NC(=O)/C=C/c1ccccc1)C1=NOC(Cc2ccccc2)(C(=O)N[C@@H](CC(=O)O)C(=O)C=NN)C1. The van der Waals surface area contributed by atoms with Gasteiger partial charge in [-0.05, 0) is 23.1 Å². The van der Waals surface area contributed by atoms with E-state index in [1.54, 1.807) is 6.08 Å². The summed E-state index contributed by atoms with van der Waals surface area (Å²) < 4.78 is 0. The van der Waals surface area contributed by atoms with Crippen LogP contribution in [0.25, 0.3) is 6.08 Å². The first kappa shape index (κ1) is 29.8. The maximum absolute atomic E-state index is 13.7. The van der Waals surface area contributed by atoms with Gasteiger partial charge in [0.25, 0.3) is 5.91 Å². The number of nitrogens with one attached hydrogen (secondary N) is 2. The molecule has 2 amide bonds. The van der Waals surface area contributed by atoms with Crippen molar-refractivity contribution in [2.24, 2.45) is 22.0 Å². The highest BCUT2D eigenvalue weighted by atomic mass is 16.7. The molecule has 3 rings (SSSR count). The fourth-order valence-electron chi connectivity index (χ4n) is 4.32. The molecule has 2 aromatic rings. The maximum atomic E-state index is 13.7. The highest BCUT2D eigenvalue weighted by Gasteiger charge is 2.49. The third-order valence-corrected chi connectivity index (χ3v) is 6.33. The van der Waals surface area contributed by atoms with Crippen LogP contribution in [0, 0.1) is 5.92 Å². The van der Waals surface area contributed by atoms with Gasteiger partial charge >= 0.3 is 5.97 Å². The second-order valence-corrected chi connectivity index (χ2v) is 9.79. The Morgan fingerprint density at radius 2 is 1.73 bits per heavy atom. The molecule has 1 heterocycles. The number of oxime groups is 1. The van der Waals surface area contributed by atoms with E-state index in [9.17, 15) is 24.3 Å². The first-order valence-electron chi connectivity index (χ1n) is 12.8. The van der Waals surface area contributed by atoms with Crippen molar-refractivity contribution in [1.29, 1.82) is 0 Å². The number of amides is 2. The van der Waals surface area contributed by atoms with Crippen LogP contribution in [0.3, 0.4) is 0 Å². The van der Waals surface area contributed by atoms with E-state index in [0.29, 0.717) is 5.71 Å². The first-order valence-corrected chi connectivity index (χ1v) is 12.8. The summed E-state index contributed by atoms with van der Waals surface area (Å²) >= 11 is 0. The van der Waals surface area contributed by atoms with E-state index < -0.39 is 41.8 Å². The third kappa shape index (κ3) is 8.10. The number of ketones is 1. The predicted octanol–water partition coefficient (Wildman–Crippen LogP) is 2.07. The molecule has 11 nitrogen and oxygen atoms in total. The van der Waals surface area contributed by atoms with Crippen LogP contribution in [0.5, 0.6) is 0 Å². The molecular formula is C29H33N5O6. The molecule has 1 aliphatic heterocycles. The molecule has 0 aliphatic carbocycles. The highest BCUT2D eigenvalue weighted by molar-refractivity contribution is 6.30. The number of carboxylic acid groups (broad SMARTS) is 1. The van der Waals surface area contributed by atoms with Crippen molar-refractivity contribution in [3.63, 3.8) is 0 Å². The number of benzene rings is 2. The third-order valence-electron chi connectivity index (χ3n) is 6.33. The number of carbonyl (C=O) groups is 4. The number of carbonyl (C=O) groups excluding carboxylic acids is 3. The van der Waals surface area contributed by atoms with Crippen LogP contribution in [-0.4, -0.2) is 58.3 Å². The number of hydrogen-bond acceptors (Lipinski definition) is 8. The fourth-order valence-corrected chi connectivity index (χ4v) is 4.32. The Bertz CT molecular complexity index is 1290. The Hall–Kier alpha value is -4.80. The Kier molecular flexibility index (Phi) is 10.3. The Morgan fingerprint density at radius 1 is 1.07 bits per heavy atom. The summed E-state index contributed by atoms with van der Waals surface area (Å²) in [5.41, 5.74) is 0.469. The van der Waals surface area contributed by atoms with Gasteiger partial charge in [0.2, 0.25) is 11.5 Å². The summed E-state index contributed by atoms with van der Waals surface area (Å²) in [4.78, 5) is 56.0. The minimum absolute atomic E-state index is 0.00177. The molecule has 40 heavy (non-hydrogen) atoms. The van der Waals surface area contributed by atoms with Crippen LogP contribution >= 0.6 is 0 Å². The summed E-state index contributed by atoms with van der Waals surface area (Å²) in [6.45, 7) is 3.80. The number of hydrazone groups is 1. The fraction of sp³-hybridized carbons (Fsp3) is 0.310. The summed E-state index contributed by atoms with van der Waals surface area (Å²) in [5.74, 6) is 1.82. The molecule has 0 bridgehead atoms. The average molecular weight is 548 g/mol. The van der Waals surface area contributed by atoms with Crippen LogP contribution in [0.2, 0.25) is 0 Å². The lowest BCUT2D eigenvalue weighted by Gasteiger charge is -2.28. The lowest BCUT2D eigenvalue weighted by atomic mass is 9.84. The number of carboxylic acids is 1. The van der Waals surface area contributed by atoms with Gasteiger partial charge in [-0.15, -0.1) is 0 Å². The van der Waals surface area contributed by atoms with E-state index in [1.165, 1.54) is 6.08 Å². The predicted molar refractivity (Wildman–Crippen MR) is 150 cm³/mol. The van der Waals surface area contributed by atoms with Crippen molar-refractivity contribution in [1.82, 2.24) is 10.6 Å². The number of nitrogens with two attached hydrogens (primary N) is 1. The van der Waals surface area contributed by atoms with Gasteiger partial charge in [0.1, 0.15) is 6.04 Å². The number of Topliss-reactive ketones (excluding diaryl/α,β-unsaturated/α-hetero) is 1. The summed E-state index contributed by atoms with van der Waals surface area (Å²) in [6.07, 6.45) is 3.27. The molecule has 11 heteroatoms. The van der Waals surface area contributed by atoms with Crippen LogP contribution in [0.1, 0.15) is 37.8 Å². The van der Waals surface area contributed by atoms with Crippen molar-refractivity contribution in [2.45, 2.75) is 50.8 Å². The van der Waals surface area contributed by atoms with Crippen LogP contribution in [0.4, 0.5) is 0 Å². The zero-order valence-corrected chi connectivity index (χ0v) is 22.3. The zero-order valence-electron chi connectivity index (χ0n) is 22.3. The molecule has 1 aliphatic rings. The van der Waals surface area contributed by atoms with Crippen LogP contribution < -0.4 is 16.5 Å². The molecule has 0 saturated heterocycles. The number of nitrogens with zero attached hydrogens (tertiary/aromatic N) is 2. The smallest absolute Gasteiger partial charge is 0.305 e. The van der Waals surface area contributed by atoms with E-state index in [-0.39, 0.29) is 24.7 Å². The topological polar surface area (TPSA) is 173 Å². The summed E-state index contributed by atoms with van der Waals surface area (Å²) in [5, 5.41) is 22.1. The van der Waals surface area contributed by atoms with Gasteiger partial charge < -0.3 is 26.4 Å². The first-order chi connectivity index (χ1) is 19.1. The Morgan fingerprint density at radius 3 is 2.33 bits per heavy atom. The second kappa shape index (κ2) is 13.8. The molecular weight excluding hydrogens is 514 g/mol. The number of rotatable bonds is 13. The van der Waals surface area contributed by atoms with E-state index in [2.05, 4.69) is 20.9 Å². The molecule has 1 unspecified atom stereocenters. The summed E-state index contributed by atoms with van der Waals surface area (Å²) in [6, 6.07) is 16.5. The van der Waals surface area contributed by atoms with Crippen LogP contribution in [0.15, 0.2) is 77.0 Å². The standard InChI is InChI=1S/C29H33N5O6/c1-19(2)27(33-25(36)14-13-20-9-5-3-6-10-20)23-17-29(40-34-23,16-21-11-7-4-8-12-21)28(39)32-22(15-26(37)38)24(35)18-31-30/h3-14,18-19,22,27H,15-17,30H2,1-2H3,(H,32,39)(H,33,36)(H,37,38)/b14-13+,31-18?/t22-,27-,29?/m0/s1. The molecule has 0 fully saturated rings. The summed E-state index contributed by atoms with van der Waals surface area (Å²) in [7, 11) is 0. The minimum atomic E-state index is -1.59. The van der Waals surface area contributed by atoms with Crippen molar-refractivity contribution >= 4 is 41.6 Å². The van der Waals surface area contributed by atoms with E-state index in [4.69, 9.17) is 10.7 Å². The van der Waals surface area contributed by atoms with Crippen molar-refractivity contribution in [3.05, 3.63) is 77.9 Å². The largest absolute Gasteiger partial charge is 0.481 e. The van der Waals surface area contributed by atoms with Gasteiger partial charge in [-0.25, -0.2) is 0 Å². The lowest BCUT2D eigenvalue weighted by molar-refractivity contribution is -0.146. The van der Waals surface area contributed by atoms with Crippen molar-refractivity contribution in [2.75, 3.05) is 0 Å². The van der Waals surface area contributed by atoms with E-state index in [0.717, 1.165) is 17.3 Å². The highest BCUT2D eigenvalue weighted by Crippen LogP contribution is 2.31. The van der Waals surface area contributed by atoms with Gasteiger partial charge in [0.15, 0.2) is 5.78 Å². The van der Waals surface area contributed by atoms with E-state index >= 15 is 0 Å². The maximum Gasteiger partial charge on any atom is 0.305 e. The Labute approximate surface area is 232 Å². The van der Waals surface area contributed by atoms with Crippen molar-refractivity contribution < 1.29 is 29.1 Å². The van der Waals surface area contributed by atoms with Gasteiger partial charge in [0, 0.05) is 18.9 Å². The molecule has 0 radical (unpaired) electrons. The van der Waals surface area contributed by atoms with Gasteiger partial charge in [-0.2, -0.15) is 5.10 Å². The van der Waals surface area contributed by atoms with E-state index in [1.807, 2.05) is 74.5 Å². The molecule has 0 saturated carbocycles. The molecule has 0 spiro atoms. The molecule has 5 N–H and O–H groups in total. The van der Waals surface area contributed by atoms with Crippen molar-refractivity contribution in [3.8, 4) is 0 Å². The van der Waals surface area contributed by atoms with Gasteiger partial charge in [0.05, 0.1) is 24.4 Å². The van der Waals surface area contributed by atoms with Gasteiger partial charge in [-0.1, -0.05) is 79.7 Å². The lowest BCUT2D eigenvalue weighted by Crippen LogP contribution is -2.55. The molecule has 210 valence electrons. The minimum Gasteiger partial charge on any atom is -0.481 e. The quantitative estimate of drug-likeness (QED) is 0.129.